The van der Waals surface area contributed by atoms with E-state index in [4.69, 9.17) is 4.74 Å². The zero-order chi connectivity index (χ0) is 18.8. The number of aliphatic hydroxyl groups is 4. The highest BCUT2D eigenvalue weighted by Crippen LogP contribution is 2.31. The summed E-state index contributed by atoms with van der Waals surface area (Å²) in [5, 5.41) is 42.7. The maximum Gasteiger partial charge on any atom is 0.167 e. The zero-order valence-electron chi connectivity index (χ0n) is 14.5. The smallest absolute Gasteiger partial charge is 0.167 e. The molecule has 3 rings (SSSR count). The van der Waals surface area contributed by atoms with Crippen LogP contribution in [0.25, 0.3) is 11.2 Å². The lowest BCUT2D eigenvalue weighted by Gasteiger charge is -2.40. The van der Waals surface area contributed by atoms with Crippen LogP contribution in [0, 0.1) is 0 Å². The Morgan fingerprint density at radius 1 is 1.19 bits per heavy atom. The summed E-state index contributed by atoms with van der Waals surface area (Å²) in [6.07, 6.45) is -1.60. The molecule has 0 unspecified atom stereocenters. The number of aromatic nitrogens is 4. The summed E-state index contributed by atoms with van der Waals surface area (Å²) in [7, 11) is 0. The first-order chi connectivity index (χ1) is 12.4. The highest BCUT2D eigenvalue weighted by Gasteiger charge is 2.44. The fraction of sp³-hybridized carbons (Fsp3) is 0.562. The van der Waals surface area contributed by atoms with Gasteiger partial charge in [0.2, 0.25) is 0 Å². The third kappa shape index (κ3) is 3.41. The molecule has 1 fully saturated rings. The van der Waals surface area contributed by atoms with Crippen molar-refractivity contribution in [2.45, 2.75) is 44.5 Å². The lowest BCUT2D eigenvalue weighted by molar-refractivity contribution is -0.250. The third-order valence-electron chi connectivity index (χ3n) is 4.28. The minimum atomic E-state index is -1.47. The Morgan fingerprint density at radius 3 is 2.65 bits per heavy atom. The van der Waals surface area contributed by atoms with Crippen molar-refractivity contribution in [1.82, 2.24) is 19.5 Å². The van der Waals surface area contributed by atoms with Gasteiger partial charge >= 0.3 is 0 Å². The van der Waals surface area contributed by atoms with E-state index in [0.29, 0.717) is 23.5 Å². The summed E-state index contributed by atoms with van der Waals surface area (Å²) in [4.78, 5) is 12.6. The van der Waals surface area contributed by atoms with Crippen molar-refractivity contribution in [1.29, 1.82) is 0 Å². The van der Waals surface area contributed by atoms with Crippen LogP contribution in [0.5, 0.6) is 0 Å². The van der Waals surface area contributed by atoms with Gasteiger partial charge in [-0.3, -0.25) is 4.57 Å². The molecular weight excluding hydrogens is 342 g/mol. The molecule has 2 aromatic rings. The normalized spacial score (nSPS) is 28.9. The number of nitrogens with zero attached hydrogens (tertiary/aromatic N) is 4. The van der Waals surface area contributed by atoms with E-state index < -0.39 is 37.3 Å². The van der Waals surface area contributed by atoms with Crippen LogP contribution < -0.4 is 5.32 Å². The Morgan fingerprint density at radius 2 is 1.96 bits per heavy atom. The molecule has 5 N–H and O–H groups in total. The van der Waals surface area contributed by atoms with Crippen LogP contribution in [0.4, 0.5) is 5.82 Å². The summed E-state index contributed by atoms with van der Waals surface area (Å²) in [6.45, 7) is 4.05. The maximum atomic E-state index is 10.3. The molecular formula is C16H23N5O5. The summed E-state index contributed by atoms with van der Waals surface area (Å²) in [5.74, 6) is 0.524. The molecule has 0 bridgehead atoms. The topological polar surface area (TPSA) is 146 Å². The predicted octanol–water partition coefficient (Wildman–Crippen LogP) is -0.823. The first-order valence-electron chi connectivity index (χ1n) is 8.29. The van der Waals surface area contributed by atoms with Crippen LogP contribution in [0.1, 0.15) is 20.1 Å². The molecule has 1 aliphatic rings. The number of anilines is 1. The molecule has 10 nitrogen and oxygen atoms in total. The molecule has 0 amide bonds. The Balaban J connectivity index is 1.92. The van der Waals surface area contributed by atoms with Crippen molar-refractivity contribution in [3.05, 3.63) is 24.3 Å². The van der Waals surface area contributed by atoms with E-state index in [1.165, 1.54) is 17.2 Å². The number of nitrogens with one attached hydrogen (secondary N) is 1. The number of allylic oxidation sites excluding steroid dienone is 1. The van der Waals surface area contributed by atoms with Crippen LogP contribution in [0.2, 0.25) is 0 Å². The second-order valence-electron chi connectivity index (χ2n) is 6.43. The van der Waals surface area contributed by atoms with Crippen molar-refractivity contribution in [3.8, 4) is 0 Å². The summed E-state index contributed by atoms with van der Waals surface area (Å²) < 4.78 is 7.01. The molecule has 1 aliphatic heterocycles. The second-order valence-corrected chi connectivity index (χ2v) is 6.43. The van der Waals surface area contributed by atoms with Gasteiger partial charge in [0.1, 0.15) is 30.7 Å². The molecule has 0 aromatic carbocycles. The minimum Gasteiger partial charge on any atom is -0.394 e. The van der Waals surface area contributed by atoms with E-state index in [-0.39, 0.29) is 0 Å². The third-order valence-corrected chi connectivity index (χ3v) is 4.28. The molecule has 3 heterocycles. The van der Waals surface area contributed by atoms with Crippen molar-refractivity contribution in [2.24, 2.45) is 0 Å². The van der Waals surface area contributed by atoms with Crippen LogP contribution in [-0.4, -0.2) is 77.5 Å². The van der Waals surface area contributed by atoms with Gasteiger partial charge in [-0.05, 0) is 13.8 Å². The number of imidazole rings is 1. The Kier molecular flexibility index (Phi) is 5.49. The van der Waals surface area contributed by atoms with E-state index in [2.05, 4.69) is 20.3 Å². The summed E-state index contributed by atoms with van der Waals surface area (Å²) >= 11 is 0. The number of rotatable bonds is 5. The number of hydrogen-bond acceptors (Lipinski definition) is 9. The van der Waals surface area contributed by atoms with E-state index in [9.17, 15) is 20.4 Å². The van der Waals surface area contributed by atoms with Gasteiger partial charge in [-0.25, -0.2) is 15.0 Å². The average molecular weight is 365 g/mol. The fourth-order valence-electron chi connectivity index (χ4n) is 2.83. The molecule has 0 radical (unpaired) electrons. The van der Waals surface area contributed by atoms with Gasteiger partial charge in [0.05, 0.1) is 12.9 Å². The van der Waals surface area contributed by atoms with E-state index in [1.807, 2.05) is 19.9 Å². The molecule has 1 saturated heterocycles. The number of aliphatic hydroxyl groups excluding tert-OH is 4. The van der Waals surface area contributed by atoms with Gasteiger partial charge in [0, 0.05) is 6.54 Å². The van der Waals surface area contributed by atoms with Crippen molar-refractivity contribution in [2.75, 3.05) is 18.5 Å². The second kappa shape index (κ2) is 7.64. The van der Waals surface area contributed by atoms with Crippen LogP contribution in [0.3, 0.4) is 0 Å². The van der Waals surface area contributed by atoms with Gasteiger partial charge < -0.3 is 30.5 Å². The monoisotopic (exact) mass is 365 g/mol. The van der Waals surface area contributed by atoms with Crippen LogP contribution in [-0.2, 0) is 4.74 Å². The number of ether oxygens (including phenoxy) is 1. The zero-order valence-corrected chi connectivity index (χ0v) is 14.5. The standard InChI is InChI=1S/C16H23N5O5/c1-8(2)3-4-17-14-10-15(19-6-18-14)21(7-20-10)16-13(25)12(24)11(23)9(5-22)26-16/h3,6-7,9,11-13,16,22-25H,4-5H2,1-2H3,(H,17,18,19)/t9-,11-,12+,13-,16-/m1/s1. The predicted molar refractivity (Wildman–Crippen MR) is 92.3 cm³/mol. The summed E-state index contributed by atoms with van der Waals surface area (Å²) in [5.41, 5.74) is 2.03. The van der Waals surface area contributed by atoms with Crippen LogP contribution >= 0.6 is 0 Å². The van der Waals surface area contributed by atoms with E-state index in [0.717, 1.165) is 5.57 Å². The summed E-state index contributed by atoms with van der Waals surface area (Å²) in [6, 6.07) is 0. The van der Waals surface area contributed by atoms with E-state index >= 15 is 0 Å². The fourth-order valence-corrected chi connectivity index (χ4v) is 2.83. The highest BCUT2D eigenvalue weighted by atomic mass is 16.6. The minimum absolute atomic E-state index is 0.393. The molecule has 142 valence electrons. The van der Waals surface area contributed by atoms with Gasteiger partial charge in [0.15, 0.2) is 23.2 Å². The molecule has 10 heteroatoms. The largest absolute Gasteiger partial charge is 0.394 e. The molecule has 0 saturated carbocycles. The molecule has 0 spiro atoms. The van der Waals surface area contributed by atoms with Gasteiger partial charge in [-0.1, -0.05) is 11.6 Å². The average Bonchev–Trinajstić information content (AvgIpc) is 3.05. The van der Waals surface area contributed by atoms with Gasteiger partial charge in [-0.15, -0.1) is 0 Å². The quantitative estimate of drug-likeness (QED) is 0.429. The molecule has 26 heavy (non-hydrogen) atoms. The maximum absolute atomic E-state index is 10.3. The molecule has 2 aromatic heterocycles. The molecule has 0 aliphatic carbocycles. The molecule has 5 atom stereocenters. The van der Waals surface area contributed by atoms with Crippen LogP contribution in [0.15, 0.2) is 24.3 Å². The Bertz CT molecular complexity index is 788. The van der Waals surface area contributed by atoms with Gasteiger partial charge in [-0.2, -0.15) is 0 Å². The van der Waals surface area contributed by atoms with E-state index in [1.54, 1.807) is 0 Å². The van der Waals surface area contributed by atoms with Gasteiger partial charge in [0.25, 0.3) is 0 Å². The Labute approximate surface area is 149 Å². The van der Waals surface area contributed by atoms with Crippen molar-refractivity contribution >= 4 is 17.0 Å². The lowest BCUT2D eigenvalue weighted by atomic mass is 9.98. The first kappa shape index (κ1) is 18.7. The van der Waals surface area contributed by atoms with Crippen molar-refractivity contribution < 1.29 is 25.2 Å². The number of hydrogen-bond donors (Lipinski definition) is 5. The number of fused-ring (bicyclic) bond motifs is 1. The first-order valence-corrected chi connectivity index (χ1v) is 8.29. The van der Waals surface area contributed by atoms with Crippen molar-refractivity contribution in [3.63, 3.8) is 0 Å². The Hall–Kier alpha value is -2.11. The SMILES string of the molecule is CC(C)=CCNc1ncnc2c1ncn2[C@@H]1O[C@H](CO)[C@@H](O)[C@H](O)[C@H]1O. The lowest BCUT2D eigenvalue weighted by Crippen LogP contribution is -2.56. The highest BCUT2D eigenvalue weighted by molar-refractivity contribution is 5.82.